The quantitative estimate of drug-likeness (QED) is 0.729. The van der Waals surface area contributed by atoms with Crippen molar-refractivity contribution in [1.82, 2.24) is 5.32 Å². The predicted octanol–water partition coefficient (Wildman–Crippen LogP) is 3.46. The van der Waals surface area contributed by atoms with Gasteiger partial charge in [0.05, 0.1) is 25.3 Å². The number of halogens is 1. The van der Waals surface area contributed by atoms with Gasteiger partial charge in [-0.2, -0.15) is 0 Å². The molecule has 0 spiro atoms. The lowest BCUT2D eigenvalue weighted by atomic mass is 10.1. The van der Waals surface area contributed by atoms with E-state index in [-0.39, 0.29) is 12.3 Å². The van der Waals surface area contributed by atoms with Crippen LogP contribution in [0.3, 0.4) is 0 Å². The summed E-state index contributed by atoms with van der Waals surface area (Å²) in [6, 6.07) is 5.90. The van der Waals surface area contributed by atoms with E-state index in [0.29, 0.717) is 16.5 Å². The molecule has 8 heteroatoms. The molecule has 3 amide bonds. The number of nitrogens with one attached hydrogen (secondary N) is 2. The number of carbonyl (C=O) groups is 2. The minimum absolute atomic E-state index is 0.0499. The third-order valence-electron chi connectivity index (χ3n) is 3.35. The first-order chi connectivity index (χ1) is 11.4. The molecule has 0 aliphatic carbocycles. The Morgan fingerprint density at radius 2 is 2.17 bits per heavy atom. The fourth-order valence-electron chi connectivity index (χ4n) is 2.20. The van der Waals surface area contributed by atoms with Gasteiger partial charge in [-0.05, 0) is 30.0 Å². The zero-order valence-electron chi connectivity index (χ0n) is 13.3. The molecule has 0 bridgehead atoms. The Morgan fingerprint density at radius 3 is 2.75 bits per heavy atom. The number of urea groups is 1. The van der Waals surface area contributed by atoms with Crippen molar-refractivity contribution in [2.75, 3.05) is 12.4 Å². The number of primary amides is 1. The number of hydrogen-bond acceptors (Lipinski definition) is 4. The minimum Gasteiger partial charge on any atom is -0.495 e. The lowest BCUT2D eigenvalue weighted by Gasteiger charge is -2.17. The molecule has 1 aromatic carbocycles. The molecule has 0 aliphatic rings. The first kappa shape index (κ1) is 18.1. The Morgan fingerprint density at radius 1 is 1.42 bits per heavy atom. The molecular weight excluding hydrogens is 350 g/mol. The first-order valence-corrected chi connectivity index (χ1v) is 8.39. The molecular formula is C16H18ClN3O3S. The van der Waals surface area contributed by atoms with E-state index in [9.17, 15) is 9.59 Å². The molecule has 2 rings (SSSR count). The van der Waals surface area contributed by atoms with Crippen molar-refractivity contribution in [2.24, 2.45) is 5.73 Å². The van der Waals surface area contributed by atoms with Crippen molar-refractivity contribution in [2.45, 2.75) is 19.4 Å². The van der Waals surface area contributed by atoms with Crippen LogP contribution in [0.25, 0.3) is 0 Å². The van der Waals surface area contributed by atoms with Gasteiger partial charge in [0, 0.05) is 16.0 Å². The molecule has 0 fully saturated rings. The normalized spacial score (nSPS) is 11.6. The lowest BCUT2D eigenvalue weighted by molar-refractivity contribution is -0.116. The Kier molecular flexibility index (Phi) is 6.05. The summed E-state index contributed by atoms with van der Waals surface area (Å²) < 4.78 is 5.24. The topological polar surface area (TPSA) is 93.4 Å². The first-order valence-electron chi connectivity index (χ1n) is 7.14. The van der Waals surface area contributed by atoms with Gasteiger partial charge in [-0.25, -0.2) is 4.79 Å². The monoisotopic (exact) mass is 367 g/mol. The molecule has 128 valence electrons. The van der Waals surface area contributed by atoms with E-state index in [4.69, 9.17) is 22.1 Å². The van der Waals surface area contributed by atoms with Crippen LogP contribution >= 0.6 is 22.9 Å². The number of aryl methyl sites for hydroxylation is 1. The maximum atomic E-state index is 12.4. The second-order valence-electron chi connectivity index (χ2n) is 5.13. The van der Waals surface area contributed by atoms with Gasteiger partial charge in [-0.15, -0.1) is 11.3 Å². The lowest BCUT2D eigenvalue weighted by Crippen LogP contribution is -2.34. The molecule has 0 saturated carbocycles. The zero-order chi connectivity index (χ0) is 17.7. The van der Waals surface area contributed by atoms with Gasteiger partial charge in [-0.1, -0.05) is 17.7 Å². The van der Waals surface area contributed by atoms with E-state index in [1.54, 1.807) is 12.1 Å². The van der Waals surface area contributed by atoms with Crippen LogP contribution in [0.4, 0.5) is 10.5 Å². The highest BCUT2D eigenvalue weighted by Gasteiger charge is 2.19. The molecule has 0 aliphatic heterocycles. The Balaban J connectivity index is 2.14. The Labute approximate surface area is 148 Å². The van der Waals surface area contributed by atoms with Crippen LogP contribution in [0.5, 0.6) is 5.75 Å². The number of anilines is 1. The van der Waals surface area contributed by atoms with E-state index in [1.807, 2.05) is 24.4 Å². The maximum Gasteiger partial charge on any atom is 0.312 e. The van der Waals surface area contributed by atoms with Crippen LogP contribution in [0.2, 0.25) is 5.02 Å². The Bertz CT molecular complexity index is 734. The molecule has 24 heavy (non-hydrogen) atoms. The number of nitrogens with two attached hydrogens (primary N) is 1. The average Bonchev–Trinajstić information content (AvgIpc) is 3.04. The molecule has 6 nitrogen and oxygen atoms in total. The number of methoxy groups -OCH3 is 1. The summed E-state index contributed by atoms with van der Waals surface area (Å²) in [5, 5.41) is 7.79. The van der Waals surface area contributed by atoms with Crippen LogP contribution < -0.4 is 21.1 Å². The van der Waals surface area contributed by atoms with Crippen molar-refractivity contribution in [1.29, 1.82) is 0 Å². The van der Waals surface area contributed by atoms with Crippen molar-refractivity contribution in [3.05, 3.63) is 45.1 Å². The van der Waals surface area contributed by atoms with Gasteiger partial charge >= 0.3 is 6.03 Å². The third-order valence-corrected chi connectivity index (χ3v) is 4.74. The Hall–Kier alpha value is -2.25. The van der Waals surface area contributed by atoms with E-state index in [1.165, 1.54) is 18.4 Å². The summed E-state index contributed by atoms with van der Waals surface area (Å²) in [4.78, 5) is 24.4. The van der Waals surface area contributed by atoms with Crippen LogP contribution in [-0.4, -0.2) is 19.0 Å². The average molecular weight is 368 g/mol. The third kappa shape index (κ3) is 4.62. The maximum absolute atomic E-state index is 12.4. The van der Waals surface area contributed by atoms with Crippen LogP contribution in [0.15, 0.2) is 29.6 Å². The van der Waals surface area contributed by atoms with Crippen molar-refractivity contribution in [3.8, 4) is 5.75 Å². The van der Waals surface area contributed by atoms with Gasteiger partial charge in [0.2, 0.25) is 5.91 Å². The predicted molar refractivity (Wildman–Crippen MR) is 95.8 cm³/mol. The summed E-state index contributed by atoms with van der Waals surface area (Å²) in [5.74, 6) is 0.191. The second-order valence-corrected chi connectivity index (χ2v) is 6.52. The summed E-state index contributed by atoms with van der Waals surface area (Å²) in [6.45, 7) is 1.83. The summed E-state index contributed by atoms with van der Waals surface area (Å²) in [7, 11) is 1.50. The highest BCUT2D eigenvalue weighted by atomic mass is 35.5. The van der Waals surface area contributed by atoms with E-state index >= 15 is 0 Å². The summed E-state index contributed by atoms with van der Waals surface area (Å²) in [6.07, 6.45) is 0.0499. The zero-order valence-corrected chi connectivity index (χ0v) is 14.8. The molecule has 2 aromatic rings. The summed E-state index contributed by atoms with van der Waals surface area (Å²) in [5.41, 5.74) is 6.54. The van der Waals surface area contributed by atoms with Crippen molar-refractivity contribution in [3.63, 3.8) is 0 Å². The fourth-order valence-corrected chi connectivity index (χ4v) is 3.13. The molecule has 0 saturated heterocycles. The number of thiophene rings is 1. The van der Waals surface area contributed by atoms with Crippen LogP contribution in [0.1, 0.15) is 22.9 Å². The number of carbonyl (C=O) groups excluding carboxylic acids is 2. The molecule has 1 heterocycles. The molecule has 1 aromatic heterocycles. The largest absolute Gasteiger partial charge is 0.495 e. The highest BCUT2D eigenvalue weighted by molar-refractivity contribution is 7.10. The molecule has 1 atom stereocenters. The minimum atomic E-state index is -0.680. The number of amides is 3. The van der Waals surface area contributed by atoms with Gasteiger partial charge in [0.25, 0.3) is 0 Å². The molecule has 4 N–H and O–H groups in total. The van der Waals surface area contributed by atoms with Crippen molar-refractivity contribution < 1.29 is 14.3 Å². The standard InChI is InChI=1S/C16H18ClN3O3S/c1-9-6-11(13(23-2)7-10(9)17)19-15(21)8-12(20-16(18)22)14-4-3-5-24-14/h3-7,12H,8H2,1-2H3,(H,19,21)(H3,18,20,22)/t12-/m0/s1. The van der Waals surface area contributed by atoms with Crippen molar-refractivity contribution >= 4 is 40.6 Å². The fraction of sp³-hybridized carbons (Fsp3) is 0.250. The molecule has 0 radical (unpaired) electrons. The van der Waals surface area contributed by atoms with Gasteiger partial charge in [0.1, 0.15) is 5.75 Å². The number of benzene rings is 1. The van der Waals surface area contributed by atoms with Gasteiger partial charge in [-0.3, -0.25) is 4.79 Å². The van der Waals surface area contributed by atoms with Crippen LogP contribution in [0, 0.1) is 6.92 Å². The van der Waals surface area contributed by atoms with E-state index in [2.05, 4.69) is 10.6 Å². The number of ether oxygens (including phenoxy) is 1. The highest BCUT2D eigenvalue weighted by Crippen LogP contribution is 2.31. The van der Waals surface area contributed by atoms with Crippen LogP contribution in [-0.2, 0) is 4.79 Å². The number of hydrogen-bond donors (Lipinski definition) is 3. The smallest absolute Gasteiger partial charge is 0.312 e. The second kappa shape index (κ2) is 8.03. The number of rotatable bonds is 6. The van der Waals surface area contributed by atoms with Gasteiger partial charge < -0.3 is 21.1 Å². The van der Waals surface area contributed by atoms with Gasteiger partial charge in [0.15, 0.2) is 0 Å². The molecule has 0 unspecified atom stereocenters. The van der Waals surface area contributed by atoms with E-state index < -0.39 is 12.1 Å². The SMILES string of the molecule is COc1cc(Cl)c(C)cc1NC(=O)C[C@H](NC(N)=O)c1cccs1. The van der Waals surface area contributed by atoms with E-state index in [0.717, 1.165) is 10.4 Å². The summed E-state index contributed by atoms with van der Waals surface area (Å²) >= 11 is 7.50.